The second-order valence-electron chi connectivity index (χ2n) is 9.90. The third kappa shape index (κ3) is 9.66. The Morgan fingerprint density at radius 3 is 2.24 bits per heavy atom. The third-order valence-corrected chi connectivity index (χ3v) is 7.04. The molecule has 2 saturated heterocycles. The predicted octanol–water partition coefficient (Wildman–Crippen LogP) is 0.659. The monoisotopic (exact) mass is 491 g/mol. The summed E-state index contributed by atoms with van der Waals surface area (Å²) in [5.74, 6) is -1.04. The van der Waals surface area contributed by atoms with Crippen LogP contribution in [0.3, 0.4) is 0 Å². The average molecular weight is 492 g/mol. The number of ether oxygens (including phenoxy) is 2. The van der Waals surface area contributed by atoms with E-state index in [4.69, 9.17) is 9.47 Å². The van der Waals surface area contributed by atoms with Crippen LogP contribution in [0.5, 0.6) is 0 Å². The summed E-state index contributed by atoms with van der Waals surface area (Å²) in [6, 6.07) is 0.682. The van der Waals surface area contributed by atoms with Crippen molar-refractivity contribution in [3.8, 4) is 0 Å². The van der Waals surface area contributed by atoms with Crippen LogP contribution in [0.15, 0.2) is 0 Å². The van der Waals surface area contributed by atoms with Crippen LogP contribution >= 0.6 is 0 Å². The largest absolute Gasteiger partial charge is 0.481 e. The van der Waals surface area contributed by atoms with E-state index in [1.165, 1.54) is 12.8 Å². The highest BCUT2D eigenvalue weighted by Crippen LogP contribution is 2.25. The van der Waals surface area contributed by atoms with Gasteiger partial charge in [0.2, 0.25) is 0 Å². The van der Waals surface area contributed by atoms with E-state index in [-0.39, 0.29) is 18.6 Å². The molecule has 0 unspecified atom stereocenters. The van der Waals surface area contributed by atoms with Gasteiger partial charge in [0.1, 0.15) is 24.4 Å². The summed E-state index contributed by atoms with van der Waals surface area (Å²) in [6.45, 7) is 1.47. The summed E-state index contributed by atoms with van der Waals surface area (Å²) in [4.78, 5) is 11.2. The van der Waals surface area contributed by atoms with Gasteiger partial charge in [0.05, 0.1) is 25.2 Å². The third-order valence-electron chi connectivity index (χ3n) is 7.04. The van der Waals surface area contributed by atoms with Crippen LogP contribution in [0.2, 0.25) is 0 Å². The lowest BCUT2D eigenvalue weighted by Crippen LogP contribution is -2.59. The molecule has 0 bridgehead atoms. The van der Waals surface area contributed by atoms with Crippen molar-refractivity contribution >= 4 is 5.97 Å². The molecule has 0 spiro atoms. The van der Waals surface area contributed by atoms with E-state index in [1.54, 1.807) is 0 Å². The molecular weight excluding hydrogens is 446 g/mol. The molecule has 2 fully saturated rings. The van der Waals surface area contributed by atoms with E-state index in [9.17, 15) is 35.4 Å². The zero-order valence-corrected chi connectivity index (χ0v) is 20.3. The van der Waals surface area contributed by atoms with Crippen molar-refractivity contribution in [2.45, 2.75) is 139 Å². The first kappa shape index (κ1) is 29.4. The van der Waals surface area contributed by atoms with E-state index >= 15 is 0 Å². The number of rotatable bonds is 15. The maximum Gasteiger partial charge on any atom is 0.305 e. The number of carbonyl (C=O) groups is 1. The summed E-state index contributed by atoms with van der Waals surface area (Å²) in [6.07, 6.45) is 2.74. The number of carboxylic acid groups (broad SMARTS) is 1. The Balaban J connectivity index is 1.60. The van der Waals surface area contributed by atoms with Crippen molar-refractivity contribution in [1.29, 1.82) is 0 Å². The Labute approximate surface area is 202 Å². The first-order chi connectivity index (χ1) is 16.2. The highest BCUT2D eigenvalue weighted by atomic mass is 16.7. The van der Waals surface area contributed by atoms with Crippen LogP contribution in [0.1, 0.15) is 84.0 Å². The van der Waals surface area contributed by atoms with Gasteiger partial charge in [0, 0.05) is 12.1 Å². The number of carboxylic acids is 1. The smallest absolute Gasteiger partial charge is 0.305 e. The molecule has 0 aromatic carbocycles. The van der Waals surface area contributed by atoms with Crippen LogP contribution in [-0.4, -0.2) is 98.2 Å². The minimum Gasteiger partial charge on any atom is -0.481 e. The average Bonchev–Trinajstić information content (AvgIpc) is 2.80. The minimum absolute atomic E-state index is 0.174. The highest BCUT2D eigenvalue weighted by Gasteiger charge is 2.44. The molecule has 0 amide bonds. The molecule has 10 nitrogen and oxygen atoms in total. The first-order valence-corrected chi connectivity index (χ1v) is 12.8. The van der Waals surface area contributed by atoms with Gasteiger partial charge in [-0.2, -0.15) is 0 Å². The molecule has 2 aliphatic rings. The zero-order chi connectivity index (χ0) is 25.1. The molecule has 2 aliphatic heterocycles. The van der Waals surface area contributed by atoms with Crippen LogP contribution < -0.4 is 5.32 Å². The van der Waals surface area contributed by atoms with Gasteiger partial charge < -0.3 is 45.4 Å². The number of aliphatic hydroxyl groups is 5. The first-order valence-electron chi connectivity index (χ1n) is 12.8. The number of hydrogen-bond donors (Lipinski definition) is 7. The zero-order valence-electron chi connectivity index (χ0n) is 20.3. The molecule has 0 saturated carbocycles. The number of hydrogen-bond acceptors (Lipinski definition) is 9. The fourth-order valence-corrected chi connectivity index (χ4v) is 4.84. The molecule has 34 heavy (non-hydrogen) atoms. The van der Waals surface area contributed by atoms with Gasteiger partial charge in [-0.15, -0.1) is 0 Å². The predicted molar refractivity (Wildman–Crippen MR) is 124 cm³/mol. The molecule has 10 heteroatoms. The molecule has 0 radical (unpaired) electrons. The van der Waals surface area contributed by atoms with Gasteiger partial charge >= 0.3 is 5.97 Å². The van der Waals surface area contributed by atoms with Crippen LogP contribution in [-0.2, 0) is 14.3 Å². The molecular formula is C24H45NO9. The minimum atomic E-state index is -1.55. The molecule has 0 aromatic heterocycles. The molecule has 0 aromatic rings. The number of nitrogens with one attached hydrogen (secondary N) is 1. The van der Waals surface area contributed by atoms with Crippen molar-refractivity contribution in [3.05, 3.63) is 0 Å². The summed E-state index contributed by atoms with van der Waals surface area (Å²) in [7, 11) is 0. The highest BCUT2D eigenvalue weighted by molar-refractivity contribution is 5.67. The van der Waals surface area contributed by atoms with E-state index < -0.39 is 49.4 Å². The Kier molecular flexibility index (Phi) is 13.2. The van der Waals surface area contributed by atoms with Crippen molar-refractivity contribution in [1.82, 2.24) is 5.32 Å². The van der Waals surface area contributed by atoms with E-state index in [0.29, 0.717) is 12.5 Å². The summed E-state index contributed by atoms with van der Waals surface area (Å²) in [5, 5.41) is 61.6. The SMILES string of the molecule is C[C@@H]1N[C@H](CCCCCCCCC[C@H](CC(=O)O)O[C@@H]2O[C@H](CO)[C@@H](O)[C@H](O)[C@H]2O)CC[C@H]1O. The summed E-state index contributed by atoms with van der Waals surface area (Å²) >= 11 is 0. The topological polar surface area (TPSA) is 169 Å². The summed E-state index contributed by atoms with van der Waals surface area (Å²) in [5.41, 5.74) is 0. The molecule has 0 aliphatic carbocycles. The lowest BCUT2D eigenvalue weighted by molar-refractivity contribution is -0.311. The fourth-order valence-electron chi connectivity index (χ4n) is 4.84. The number of unbranched alkanes of at least 4 members (excludes halogenated alkanes) is 6. The van der Waals surface area contributed by atoms with Gasteiger partial charge in [-0.05, 0) is 32.6 Å². The Morgan fingerprint density at radius 2 is 1.62 bits per heavy atom. The van der Waals surface area contributed by atoms with Gasteiger partial charge in [-0.25, -0.2) is 0 Å². The van der Waals surface area contributed by atoms with Crippen molar-refractivity contribution in [3.63, 3.8) is 0 Å². The number of aliphatic hydroxyl groups excluding tert-OH is 5. The van der Waals surface area contributed by atoms with Crippen molar-refractivity contribution in [2.75, 3.05) is 6.61 Å². The maximum absolute atomic E-state index is 11.2. The fraction of sp³-hybridized carbons (Fsp3) is 0.958. The second kappa shape index (κ2) is 15.3. The van der Waals surface area contributed by atoms with E-state index in [2.05, 4.69) is 5.32 Å². The van der Waals surface area contributed by atoms with Gasteiger partial charge in [-0.3, -0.25) is 4.79 Å². The molecule has 2 rings (SSSR count). The van der Waals surface area contributed by atoms with Gasteiger partial charge in [0.15, 0.2) is 6.29 Å². The summed E-state index contributed by atoms with van der Waals surface area (Å²) < 4.78 is 11.0. The van der Waals surface area contributed by atoms with Crippen LogP contribution in [0.25, 0.3) is 0 Å². The van der Waals surface area contributed by atoms with Gasteiger partial charge in [0.25, 0.3) is 0 Å². The quantitative estimate of drug-likeness (QED) is 0.162. The lowest BCUT2D eigenvalue weighted by Gasteiger charge is -2.40. The van der Waals surface area contributed by atoms with Crippen molar-refractivity contribution in [2.24, 2.45) is 0 Å². The number of piperidine rings is 1. The molecule has 2 heterocycles. The van der Waals surface area contributed by atoms with Crippen LogP contribution in [0, 0.1) is 0 Å². The molecule has 7 N–H and O–H groups in total. The molecule has 200 valence electrons. The maximum atomic E-state index is 11.2. The van der Waals surface area contributed by atoms with E-state index in [1.807, 2.05) is 6.92 Å². The number of aliphatic carboxylic acids is 1. The van der Waals surface area contributed by atoms with Crippen molar-refractivity contribution < 1.29 is 44.9 Å². The lowest BCUT2D eigenvalue weighted by atomic mass is 9.93. The Bertz CT molecular complexity index is 579. The Morgan fingerprint density at radius 1 is 0.971 bits per heavy atom. The Hall–Kier alpha value is -0.850. The molecule has 9 atom stereocenters. The van der Waals surface area contributed by atoms with Crippen LogP contribution in [0.4, 0.5) is 0 Å². The van der Waals surface area contributed by atoms with E-state index in [0.717, 1.165) is 51.4 Å². The second-order valence-corrected chi connectivity index (χ2v) is 9.90. The standard InChI is InChI=1S/C24H45NO9/c1-15-18(27)12-11-16(25-15)9-7-5-3-2-4-6-8-10-17(13-20(28)29)33-24-23(32)22(31)21(30)19(14-26)34-24/h15-19,21-27,30-32H,2-14H2,1H3,(H,28,29)/t15-,16+,17+,18+,19+,21+,22-,23+,24+/m0/s1. The van der Waals surface area contributed by atoms with Gasteiger partial charge in [-0.1, -0.05) is 44.9 Å². The normalized spacial score (nSPS) is 35.2.